The van der Waals surface area contributed by atoms with Crippen molar-refractivity contribution in [3.8, 4) is 0 Å². The molecule has 0 aliphatic rings. The fourth-order valence-electron chi connectivity index (χ4n) is 11.4. The van der Waals surface area contributed by atoms with Crippen LogP contribution in [-0.2, 0) is 65.4 Å². The molecule has 0 fully saturated rings. The second-order valence-electron chi connectivity index (χ2n) is 27.8. The van der Waals surface area contributed by atoms with Gasteiger partial charge in [0.1, 0.15) is 19.3 Å². The number of phosphoric ester groups is 2. The first kappa shape index (κ1) is 92.1. The van der Waals surface area contributed by atoms with Crippen LogP contribution in [0.3, 0.4) is 0 Å². The zero-order valence-corrected chi connectivity index (χ0v) is 63.1. The van der Waals surface area contributed by atoms with E-state index in [2.05, 4.69) is 41.5 Å². The van der Waals surface area contributed by atoms with Crippen molar-refractivity contribution in [3.63, 3.8) is 0 Å². The van der Waals surface area contributed by atoms with Gasteiger partial charge in [0.05, 0.1) is 26.4 Å². The second kappa shape index (κ2) is 66.9. The summed E-state index contributed by atoms with van der Waals surface area (Å²) >= 11 is 0. The standard InChI is InChI=1S/C75H146O17P2/c1-7-10-12-14-16-18-20-22-23-24-25-26-28-34-41-47-53-59-74(79)91-70(63-86-73(78)58-52-46-40-33-30-29-31-37-43-49-55-67(4)5)65-89-93(81,82)87-61-69(76)62-88-94(83,84)90-66-71(92-75(80)60-54-48-42-36-35-38-44-50-56-68(6)9-3)64-85-72(77)57-51-45-39-32-27-21-19-17-15-13-11-8-2/h67-71,76H,7-66H2,1-6H3,(H,81,82)(H,83,84)/t68?,69-,70-,71-/m1/s1. The molecule has 94 heavy (non-hydrogen) atoms. The Morgan fingerprint density at radius 3 is 0.809 bits per heavy atom. The van der Waals surface area contributed by atoms with Crippen LogP contribution >= 0.6 is 15.6 Å². The van der Waals surface area contributed by atoms with Crippen LogP contribution in [0.15, 0.2) is 0 Å². The summed E-state index contributed by atoms with van der Waals surface area (Å²) in [7, 11) is -9.91. The number of aliphatic hydroxyl groups excluding tert-OH is 1. The van der Waals surface area contributed by atoms with E-state index in [0.29, 0.717) is 25.7 Å². The van der Waals surface area contributed by atoms with Crippen molar-refractivity contribution in [3.05, 3.63) is 0 Å². The number of unbranched alkanes of at least 4 members (excludes halogenated alkanes) is 43. The van der Waals surface area contributed by atoms with Gasteiger partial charge >= 0.3 is 39.5 Å². The fraction of sp³-hybridized carbons (Fsp3) is 0.947. The third-order valence-corrected chi connectivity index (χ3v) is 19.7. The van der Waals surface area contributed by atoms with Crippen molar-refractivity contribution >= 4 is 39.5 Å². The van der Waals surface area contributed by atoms with Crippen LogP contribution < -0.4 is 0 Å². The number of rotatable bonds is 74. The Bertz CT molecular complexity index is 1820. The lowest BCUT2D eigenvalue weighted by Crippen LogP contribution is -2.30. The Balaban J connectivity index is 5.26. The molecule has 558 valence electrons. The van der Waals surface area contributed by atoms with Crippen molar-refractivity contribution < 1.29 is 80.2 Å². The zero-order valence-electron chi connectivity index (χ0n) is 61.3. The van der Waals surface area contributed by atoms with E-state index in [0.717, 1.165) is 102 Å². The normalized spacial score (nSPS) is 14.3. The van der Waals surface area contributed by atoms with E-state index < -0.39 is 97.5 Å². The number of ether oxygens (including phenoxy) is 4. The summed E-state index contributed by atoms with van der Waals surface area (Å²) in [6.07, 6.45) is 53.9. The van der Waals surface area contributed by atoms with Gasteiger partial charge in [0, 0.05) is 25.7 Å². The predicted molar refractivity (Wildman–Crippen MR) is 381 cm³/mol. The van der Waals surface area contributed by atoms with Crippen LogP contribution in [0.2, 0.25) is 0 Å². The van der Waals surface area contributed by atoms with E-state index >= 15 is 0 Å². The summed E-state index contributed by atoms with van der Waals surface area (Å²) in [5.41, 5.74) is 0. The maximum atomic E-state index is 13.1. The first-order valence-electron chi connectivity index (χ1n) is 39.0. The third kappa shape index (κ3) is 67.3. The van der Waals surface area contributed by atoms with Crippen LogP contribution in [0.25, 0.3) is 0 Å². The molecule has 3 unspecified atom stereocenters. The van der Waals surface area contributed by atoms with Crippen molar-refractivity contribution in [2.75, 3.05) is 39.6 Å². The van der Waals surface area contributed by atoms with Gasteiger partial charge in [-0.2, -0.15) is 0 Å². The molecule has 0 aliphatic heterocycles. The molecule has 0 heterocycles. The molecule has 0 amide bonds. The van der Waals surface area contributed by atoms with E-state index in [1.807, 2.05) is 0 Å². The summed E-state index contributed by atoms with van der Waals surface area (Å²) < 4.78 is 68.5. The largest absolute Gasteiger partial charge is 0.472 e. The van der Waals surface area contributed by atoms with E-state index in [1.54, 1.807) is 0 Å². The van der Waals surface area contributed by atoms with Crippen LogP contribution in [0.4, 0.5) is 0 Å². The molecule has 0 aromatic rings. The van der Waals surface area contributed by atoms with E-state index in [9.17, 15) is 43.2 Å². The summed E-state index contributed by atoms with van der Waals surface area (Å²) in [5.74, 6) is -0.588. The third-order valence-electron chi connectivity index (χ3n) is 17.8. The molecule has 0 bridgehead atoms. The summed E-state index contributed by atoms with van der Waals surface area (Å²) in [5, 5.41) is 10.6. The van der Waals surface area contributed by atoms with E-state index in [1.165, 1.54) is 205 Å². The number of aliphatic hydroxyl groups is 1. The lowest BCUT2D eigenvalue weighted by molar-refractivity contribution is -0.161. The maximum Gasteiger partial charge on any atom is 0.472 e. The molecule has 0 saturated carbocycles. The Morgan fingerprint density at radius 2 is 0.543 bits per heavy atom. The predicted octanol–water partition coefficient (Wildman–Crippen LogP) is 21.9. The molecule has 0 spiro atoms. The van der Waals surface area contributed by atoms with Gasteiger partial charge in [-0.3, -0.25) is 37.3 Å². The smallest absolute Gasteiger partial charge is 0.462 e. The Labute approximate surface area is 575 Å². The highest BCUT2D eigenvalue weighted by Gasteiger charge is 2.30. The molecular formula is C75H146O17P2. The average molecular weight is 1380 g/mol. The lowest BCUT2D eigenvalue weighted by atomic mass is 9.99. The number of esters is 4. The van der Waals surface area contributed by atoms with Gasteiger partial charge in [0.2, 0.25) is 0 Å². The first-order chi connectivity index (χ1) is 45.4. The van der Waals surface area contributed by atoms with Crippen molar-refractivity contribution in [2.24, 2.45) is 11.8 Å². The highest BCUT2D eigenvalue weighted by molar-refractivity contribution is 7.47. The monoisotopic (exact) mass is 1380 g/mol. The molecule has 0 saturated heterocycles. The van der Waals surface area contributed by atoms with Crippen molar-refractivity contribution in [2.45, 2.75) is 407 Å². The molecule has 0 radical (unpaired) electrons. The van der Waals surface area contributed by atoms with Gasteiger partial charge in [-0.25, -0.2) is 9.13 Å². The minimum atomic E-state index is -4.96. The van der Waals surface area contributed by atoms with E-state index in [-0.39, 0.29) is 25.7 Å². The molecule has 0 aromatic carbocycles. The summed E-state index contributed by atoms with van der Waals surface area (Å²) in [4.78, 5) is 72.8. The highest BCUT2D eigenvalue weighted by atomic mass is 31.2. The molecule has 0 rings (SSSR count). The van der Waals surface area contributed by atoms with Crippen LogP contribution in [0, 0.1) is 11.8 Å². The lowest BCUT2D eigenvalue weighted by Gasteiger charge is -2.21. The number of carbonyl (C=O) groups excluding carboxylic acids is 4. The minimum absolute atomic E-state index is 0.105. The summed E-state index contributed by atoms with van der Waals surface area (Å²) in [6.45, 7) is 9.58. The van der Waals surface area contributed by atoms with Gasteiger partial charge in [-0.15, -0.1) is 0 Å². The minimum Gasteiger partial charge on any atom is -0.462 e. The van der Waals surface area contributed by atoms with Gasteiger partial charge in [0.25, 0.3) is 0 Å². The van der Waals surface area contributed by atoms with Crippen LogP contribution in [0.1, 0.15) is 388 Å². The fourth-order valence-corrected chi connectivity index (χ4v) is 13.0. The van der Waals surface area contributed by atoms with Crippen LogP contribution in [-0.4, -0.2) is 96.7 Å². The number of phosphoric acid groups is 2. The summed E-state index contributed by atoms with van der Waals surface area (Å²) in [6, 6.07) is 0. The van der Waals surface area contributed by atoms with Crippen molar-refractivity contribution in [1.82, 2.24) is 0 Å². The SMILES string of the molecule is CCCCCCCCCCCCCCCCCCCC(=O)O[C@H](COC(=O)CCCCCCCCCCCCC(C)C)COP(=O)(O)OC[C@@H](O)COP(=O)(O)OC[C@@H](COC(=O)CCCCCCCCCCCCCC)OC(=O)CCCCCCCCCCC(C)CC. The first-order valence-corrected chi connectivity index (χ1v) is 42.0. The molecule has 0 aliphatic carbocycles. The second-order valence-corrected chi connectivity index (χ2v) is 30.7. The maximum absolute atomic E-state index is 13.1. The number of hydrogen-bond donors (Lipinski definition) is 3. The molecule has 0 aromatic heterocycles. The highest BCUT2D eigenvalue weighted by Crippen LogP contribution is 2.45. The van der Waals surface area contributed by atoms with E-state index in [4.69, 9.17) is 37.0 Å². The molecule has 19 heteroatoms. The van der Waals surface area contributed by atoms with Crippen LogP contribution in [0.5, 0.6) is 0 Å². The topological polar surface area (TPSA) is 237 Å². The van der Waals surface area contributed by atoms with Gasteiger partial charge in [0.15, 0.2) is 12.2 Å². The zero-order chi connectivity index (χ0) is 69.3. The molecular weight excluding hydrogens is 1230 g/mol. The number of carbonyl (C=O) groups is 4. The Morgan fingerprint density at radius 1 is 0.309 bits per heavy atom. The Kier molecular flexibility index (Phi) is 65.5. The molecule has 17 nitrogen and oxygen atoms in total. The Hall–Kier alpha value is -1.94. The van der Waals surface area contributed by atoms with Gasteiger partial charge in [-0.1, -0.05) is 337 Å². The quantitative estimate of drug-likeness (QED) is 0.0222. The van der Waals surface area contributed by atoms with Crippen molar-refractivity contribution in [1.29, 1.82) is 0 Å². The average Bonchev–Trinajstić information content (AvgIpc) is 2.68. The molecule has 6 atom stereocenters. The van der Waals surface area contributed by atoms with Gasteiger partial charge < -0.3 is 33.8 Å². The molecule has 3 N–H and O–H groups in total. The van der Waals surface area contributed by atoms with Gasteiger partial charge in [-0.05, 0) is 37.5 Å². The number of hydrogen-bond acceptors (Lipinski definition) is 15.